The van der Waals surface area contributed by atoms with Gasteiger partial charge in [0.2, 0.25) is 0 Å². The van der Waals surface area contributed by atoms with Crippen LogP contribution in [0.3, 0.4) is 0 Å². The third kappa shape index (κ3) is 9.35. The number of hydrogen-bond acceptors (Lipinski definition) is 3. The molecule has 0 saturated carbocycles. The molecule has 3 heteroatoms. The fourth-order valence-electron chi connectivity index (χ4n) is 3.24. The van der Waals surface area contributed by atoms with E-state index in [1.807, 2.05) is 90.2 Å². The molecule has 0 fully saturated rings. The van der Waals surface area contributed by atoms with E-state index in [2.05, 4.69) is 29.2 Å². The maximum atomic E-state index is 10.00. The summed E-state index contributed by atoms with van der Waals surface area (Å²) in [6.07, 6.45) is 5.15. The zero-order valence-electron chi connectivity index (χ0n) is 20.4. The van der Waals surface area contributed by atoms with Gasteiger partial charge in [-0.3, -0.25) is 4.98 Å². The first-order valence-corrected chi connectivity index (χ1v) is 11.6. The number of aliphatic hydroxyl groups excluding tert-OH is 1. The van der Waals surface area contributed by atoms with Gasteiger partial charge in [-0.05, 0) is 47.7 Å². The number of aromatic nitrogens is 1. The number of ether oxygens (including phenoxy) is 1. The Labute approximate surface area is 190 Å². The molecule has 1 N–H and O–H groups in total. The normalized spacial score (nSPS) is 15.5. The van der Waals surface area contributed by atoms with Crippen LogP contribution in [0.25, 0.3) is 0 Å². The van der Waals surface area contributed by atoms with Crippen molar-refractivity contribution >= 4 is 0 Å². The maximum Gasteiger partial charge on any atom is 0.118 e. The van der Waals surface area contributed by atoms with Crippen LogP contribution in [0.1, 0.15) is 83.1 Å². The molecule has 2 unspecified atom stereocenters. The smallest absolute Gasteiger partial charge is 0.118 e. The summed E-state index contributed by atoms with van der Waals surface area (Å²) >= 11 is 0. The quantitative estimate of drug-likeness (QED) is 0.457. The molecule has 3 aromatic rings. The molecule has 31 heavy (non-hydrogen) atoms. The topological polar surface area (TPSA) is 42.4 Å². The largest absolute Gasteiger partial charge is 0.497 e. The molecule has 2 atom stereocenters. The van der Waals surface area contributed by atoms with E-state index in [4.69, 9.17) is 4.74 Å². The Bertz CT molecular complexity index is 775. The minimum atomic E-state index is -0.326. The zero-order valence-corrected chi connectivity index (χ0v) is 20.4. The van der Waals surface area contributed by atoms with Gasteiger partial charge in [0.05, 0.1) is 13.2 Å². The van der Waals surface area contributed by atoms with Crippen LogP contribution in [0, 0.1) is 0 Å². The lowest BCUT2D eigenvalue weighted by atomic mass is 9.79. The highest BCUT2D eigenvalue weighted by Gasteiger charge is 2.26. The number of aliphatic hydroxyl groups is 1. The zero-order chi connectivity index (χ0) is 23.5. The summed E-state index contributed by atoms with van der Waals surface area (Å²) in [6, 6.07) is 22.1. The number of benzene rings is 2. The van der Waals surface area contributed by atoms with E-state index in [1.54, 1.807) is 13.3 Å². The predicted molar refractivity (Wildman–Crippen MR) is 134 cm³/mol. The minimum Gasteiger partial charge on any atom is -0.497 e. The van der Waals surface area contributed by atoms with E-state index < -0.39 is 0 Å². The van der Waals surface area contributed by atoms with Gasteiger partial charge in [0.15, 0.2) is 0 Å². The van der Waals surface area contributed by atoms with Gasteiger partial charge in [0.25, 0.3) is 0 Å². The van der Waals surface area contributed by atoms with E-state index in [0.29, 0.717) is 5.92 Å². The molecule has 1 aromatic heterocycles. The first kappa shape index (κ1) is 28.4. The van der Waals surface area contributed by atoms with Crippen molar-refractivity contribution in [3.63, 3.8) is 0 Å². The molecule has 0 bridgehead atoms. The molecular formula is C28H41NO2. The Kier molecular flexibility index (Phi) is 16.6. The average molecular weight is 424 g/mol. The van der Waals surface area contributed by atoms with Gasteiger partial charge >= 0.3 is 0 Å². The second-order valence-corrected chi connectivity index (χ2v) is 6.08. The SMILES string of the molecule is CC.CC.CC.COc1ccccc1.OC1CCC(c2ccccc2)c2cnccc21. The van der Waals surface area contributed by atoms with Crippen molar-refractivity contribution in [1.29, 1.82) is 0 Å². The van der Waals surface area contributed by atoms with Gasteiger partial charge in [-0.15, -0.1) is 0 Å². The number of para-hydroxylation sites is 1. The highest BCUT2D eigenvalue weighted by molar-refractivity contribution is 5.39. The number of rotatable bonds is 2. The maximum absolute atomic E-state index is 10.00. The lowest BCUT2D eigenvalue weighted by Crippen LogP contribution is -2.15. The Morgan fingerprint density at radius 2 is 1.29 bits per heavy atom. The van der Waals surface area contributed by atoms with Crippen molar-refractivity contribution in [2.45, 2.75) is 66.4 Å². The number of hydrogen-bond donors (Lipinski definition) is 1. The molecule has 0 amide bonds. The number of pyridine rings is 1. The fraction of sp³-hybridized carbons (Fsp3) is 0.393. The summed E-state index contributed by atoms with van der Waals surface area (Å²) in [4.78, 5) is 4.20. The van der Waals surface area contributed by atoms with Crippen LogP contribution in [0.15, 0.2) is 79.1 Å². The molecule has 0 saturated heterocycles. The Hall–Kier alpha value is -2.65. The first-order chi connectivity index (χ1) is 15.3. The molecule has 1 heterocycles. The van der Waals surface area contributed by atoms with E-state index in [0.717, 1.165) is 24.2 Å². The van der Waals surface area contributed by atoms with E-state index >= 15 is 0 Å². The minimum absolute atomic E-state index is 0.326. The van der Waals surface area contributed by atoms with Crippen molar-refractivity contribution in [3.8, 4) is 5.75 Å². The molecular weight excluding hydrogens is 382 g/mol. The van der Waals surface area contributed by atoms with Crippen LogP contribution in [-0.4, -0.2) is 17.2 Å². The summed E-state index contributed by atoms with van der Waals surface area (Å²) in [5.74, 6) is 1.29. The average Bonchev–Trinajstić information content (AvgIpc) is 2.89. The van der Waals surface area contributed by atoms with E-state index in [-0.39, 0.29) is 6.10 Å². The Morgan fingerprint density at radius 3 is 1.81 bits per heavy atom. The highest BCUT2D eigenvalue weighted by atomic mass is 16.5. The molecule has 1 aliphatic rings. The molecule has 170 valence electrons. The van der Waals surface area contributed by atoms with Gasteiger partial charge in [0.1, 0.15) is 5.75 Å². The number of fused-ring (bicyclic) bond motifs is 1. The van der Waals surface area contributed by atoms with Gasteiger partial charge in [0, 0.05) is 18.3 Å². The highest BCUT2D eigenvalue weighted by Crippen LogP contribution is 2.40. The summed E-state index contributed by atoms with van der Waals surface area (Å²) < 4.78 is 4.91. The second kappa shape index (κ2) is 18.1. The van der Waals surface area contributed by atoms with Gasteiger partial charge in [-0.2, -0.15) is 0 Å². The standard InChI is InChI=1S/C15H15NO.C7H8O.3C2H6/c17-15-7-6-12(11-4-2-1-3-5-11)14-10-16-9-8-13(14)15;1-8-7-5-3-2-4-6-7;3*1-2/h1-5,8-10,12,15,17H,6-7H2;2-6H,1H3;3*1-2H3. The van der Waals surface area contributed by atoms with Crippen molar-refractivity contribution in [1.82, 2.24) is 4.98 Å². The first-order valence-electron chi connectivity index (χ1n) is 11.6. The third-order valence-electron chi connectivity index (χ3n) is 4.53. The van der Waals surface area contributed by atoms with Crippen molar-refractivity contribution in [2.24, 2.45) is 0 Å². The monoisotopic (exact) mass is 423 g/mol. The van der Waals surface area contributed by atoms with Crippen LogP contribution >= 0.6 is 0 Å². The van der Waals surface area contributed by atoms with Crippen molar-refractivity contribution in [2.75, 3.05) is 7.11 Å². The summed E-state index contributed by atoms with van der Waals surface area (Å²) in [5.41, 5.74) is 3.53. The predicted octanol–water partition coefficient (Wildman–Crippen LogP) is 7.81. The Balaban J connectivity index is 0.000000543. The number of nitrogens with zero attached hydrogens (tertiary/aromatic N) is 1. The van der Waals surface area contributed by atoms with Gasteiger partial charge in [-0.1, -0.05) is 90.1 Å². The molecule has 4 rings (SSSR count). The lowest BCUT2D eigenvalue weighted by Gasteiger charge is -2.28. The van der Waals surface area contributed by atoms with Crippen LogP contribution < -0.4 is 4.74 Å². The second-order valence-electron chi connectivity index (χ2n) is 6.08. The number of methoxy groups -OCH3 is 1. The van der Waals surface area contributed by atoms with Crippen molar-refractivity contribution < 1.29 is 9.84 Å². The van der Waals surface area contributed by atoms with Crippen LogP contribution in [0.2, 0.25) is 0 Å². The van der Waals surface area contributed by atoms with Crippen molar-refractivity contribution in [3.05, 3.63) is 95.8 Å². The van der Waals surface area contributed by atoms with Gasteiger partial charge in [-0.25, -0.2) is 0 Å². The molecule has 0 spiro atoms. The van der Waals surface area contributed by atoms with Crippen LogP contribution in [0.4, 0.5) is 0 Å². The summed E-state index contributed by atoms with van der Waals surface area (Å²) in [6.45, 7) is 12.0. The third-order valence-corrected chi connectivity index (χ3v) is 4.53. The molecule has 2 aromatic carbocycles. The molecule has 0 aliphatic heterocycles. The molecule has 1 aliphatic carbocycles. The fourth-order valence-corrected chi connectivity index (χ4v) is 3.24. The molecule has 0 radical (unpaired) electrons. The van der Waals surface area contributed by atoms with E-state index in [9.17, 15) is 5.11 Å². The lowest BCUT2D eigenvalue weighted by molar-refractivity contribution is 0.153. The van der Waals surface area contributed by atoms with Gasteiger partial charge < -0.3 is 9.84 Å². The van der Waals surface area contributed by atoms with Crippen LogP contribution in [0.5, 0.6) is 5.75 Å². The molecule has 3 nitrogen and oxygen atoms in total. The summed E-state index contributed by atoms with van der Waals surface area (Å²) in [5, 5.41) is 10.00. The van der Waals surface area contributed by atoms with Crippen LogP contribution in [-0.2, 0) is 0 Å². The van der Waals surface area contributed by atoms with E-state index in [1.165, 1.54) is 11.1 Å². The Morgan fingerprint density at radius 1 is 0.742 bits per heavy atom. The summed E-state index contributed by atoms with van der Waals surface area (Å²) in [7, 11) is 1.66.